The molecule has 2 heterocycles. The van der Waals surface area contributed by atoms with Gasteiger partial charge in [-0.15, -0.1) is 5.10 Å². The fraction of sp³-hybridized carbons (Fsp3) is 0.529. The van der Waals surface area contributed by atoms with Crippen LogP contribution in [0.1, 0.15) is 32.2 Å². The number of piperazine rings is 1. The Labute approximate surface area is 146 Å². The molecular formula is C17H23FN6O. The van der Waals surface area contributed by atoms with Crippen molar-refractivity contribution in [3.05, 3.63) is 41.5 Å². The summed E-state index contributed by atoms with van der Waals surface area (Å²) in [6.45, 7) is 8.73. The number of hydrogen-bond donors (Lipinski definition) is 0. The lowest BCUT2D eigenvalue weighted by Crippen LogP contribution is -2.49. The lowest BCUT2D eigenvalue weighted by Gasteiger charge is -2.34. The van der Waals surface area contributed by atoms with E-state index in [0.29, 0.717) is 26.2 Å². The normalized spacial score (nSPS) is 16.5. The van der Waals surface area contributed by atoms with Gasteiger partial charge in [0.15, 0.2) is 5.82 Å². The molecule has 1 fully saturated rings. The zero-order valence-corrected chi connectivity index (χ0v) is 14.8. The topological polar surface area (TPSA) is 67.2 Å². The smallest absolute Gasteiger partial charge is 0.237 e. The van der Waals surface area contributed by atoms with E-state index in [0.717, 1.165) is 17.9 Å². The first kappa shape index (κ1) is 17.5. The van der Waals surface area contributed by atoms with Crippen molar-refractivity contribution in [3.8, 4) is 0 Å². The van der Waals surface area contributed by atoms with E-state index in [1.165, 1.54) is 12.1 Å². The molecule has 1 aromatic carbocycles. The number of rotatable bonds is 4. The molecule has 1 aliphatic rings. The summed E-state index contributed by atoms with van der Waals surface area (Å²) >= 11 is 0. The second-order valence-electron chi connectivity index (χ2n) is 7.33. The second-order valence-corrected chi connectivity index (χ2v) is 7.33. The highest BCUT2D eigenvalue weighted by atomic mass is 19.1. The summed E-state index contributed by atoms with van der Waals surface area (Å²) < 4.78 is 15.1. The minimum atomic E-state index is -0.280. The molecule has 25 heavy (non-hydrogen) atoms. The maximum atomic E-state index is 13.3. The molecule has 2 aromatic rings. The summed E-state index contributed by atoms with van der Waals surface area (Å²) in [4.78, 5) is 16.2. The molecule has 0 saturated carbocycles. The van der Waals surface area contributed by atoms with E-state index in [9.17, 15) is 9.18 Å². The molecule has 0 spiro atoms. The number of aromatic nitrogens is 4. The van der Waals surface area contributed by atoms with Gasteiger partial charge in [-0.3, -0.25) is 9.69 Å². The van der Waals surface area contributed by atoms with Gasteiger partial charge in [0.05, 0.1) is 18.6 Å². The van der Waals surface area contributed by atoms with Crippen LogP contribution >= 0.6 is 0 Å². The average Bonchev–Trinajstić information content (AvgIpc) is 2.98. The van der Waals surface area contributed by atoms with E-state index >= 15 is 0 Å². The van der Waals surface area contributed by atoms with Crippen LogP contribution in [0.2, 0.25) is 0 Å². The van der Waals surface area contributed by atoms with Crippen molar-refractivity contribution in [2.45, 2.75) is 39.4 Å². The summed E-state index contributed by atoms with van der Waals surface area (Å²) in [6, 6.07) is 6.37. The first-order valence-electron chi connectivity index (χ1n) is 8.35. The summed E-state index contributed by atoms with van der Waals surface area (Å²) in [5, 5.41) is 11.9. The molecule has 0 unspecified atom stereocenters. The third kappa shape index (κ3) is 4.19. The predicted octanol–water partition coefficient (Wildman–Crippen LogP) is 1.41. The molecule has 134 valence electrons. The Morgan fingerprint density at radius 3 is 2.68 bits per heavy atom. The van der Waals surface area contributed by atoms with Crippen LogP contribution in [0.4, 0.5) is 4.39 Å². The molecule has 0 bridgehead atoms. The van der Waals surface area contributed by atoms with Crippen molar-refractivity contribution in [2.24, 2.45) is 0 Å². The number of halogens is 1. The summed E-state index contributed by atoms with van der Waals surface area (Å²) in [5.74, 6) is 0.502. The van der Waals surface area contributed by atoms with Gasteiger partial charge in [0.25, 0.3) is 0 Å². The van der Waals surface area contributed by atoms with Crippen LogP contribution in [0.5, 0.6) is 0 Å². The predicted molar refractivity (Wildman–Crippen MR) is 89.9 cm³/mol. The number of carbonyl (C=O) groups excluding carboxylic acids is 1. The van der Waals surface area contributed by atoms with Crippen LogP contribution in [-0.4, -0.2) is 55.5 Å². The van der Waals surface area contributed by atoms with Crippen molar-refractivity contribution in [3.63, 3.8) is 0 Å². The van der Waals surface area contributed by atoms with Gasteiger partial charge >= 0.3 is 0 Å². The molecule has 7 nitrogen and oxygen atoms in total. The number of hydrogen-bond acceptors (Lipinski definition) is 5. The molecule has 3 rings (SSSR count). The van der Waals surface area contributed by atoms with Gasteiger partial charge in [0.2, 0.25) is 5.91 Å². The SMILES string of the molecule is CC(C)(C)n1nnnc1CN1CCN(Cc2cccc(F)c2)C(=O)C1. The first-order chi connectivity index (χ1) is 11.8. The van der Waals surface area contributed by atoms with E-state index in [1.54, 1.807) is 15.6 Å². The summed E-state index contributed by atoms with van der Waals surface area (Å²) in [6.07, 6.45) is 0. The third-order valence-corrected chi connectivity index (χ3v) is 4.19. The molecule has 1 amide bonds. The highest BCUT2D eigenvalue weighted by molar-refractivity contribution is 5.79. The van der Waals surface area contributed by atoms with Gasteiger partial charge in [-0.25, -0.2) is 9.07 Å². The molecule has 1 aromatic heterocycles. The van der Waals surface area contributed by atoms with E-state index in [2.05, 4.69) is 15.5 Å². The van der Waals surface area contributed by atoms with Crippen molar-refractivity contribution in [1.82, 2.24) is 30.0 Å². The average molecular weight is 346 g/mol. The first-order valence-corrected chi connectivity index (χ1v) is 8.35. The fourth-order valence-corrected chi connectivity index (χ4v) is 2.94. The zero-order chi connectivity index (χ0) is 18.0. The second kappa shape index (κ2) is 6.87. The number of tetrazole rings is 1. The summed E-state index contributed by atoms with van der Waals surface area (Å²) in [7, 11) is 0. The number of amides is 1. The van der Waals surface area contributed by atoms with Gasteiger partial charge in [-0.1, -0.05) is 12.1 Å². The Morgan fingerprint density at radius 2 is 2.00 bits per heavy atom. The Bertz CT molecular complexity index is 754. The molecule has 0 aliphatic carbocycles. The maximum Gasteiger partial charge on any atom is 0.237 e. The Balaban J connectivity index is 1.61. The Hall–Kier alpha value is -2.35. The van der Waals surface area contributed by atoms with Gasteiger partial charge in [-0.05, 0) is 48.9 Å². The van der Waals surface area contributed by atoms with E-state index < -0.39 is 0 Å². The van der Waals surface area contributed by atoms with Crippen LogP contribution in [0.3, 0.4) is 0 Å². The van der Waals surface area contributed by atoms with Crippen LogP contribution in [0.25, 0.3) is 0 Å². The molecule has 1 saturated heterocycles. The van der Waals surface area contributed by atoms with E-state index in [4.69, 9.17) is 0 Å². The van der Waals surface area contributed by atoms with Crippen molar-refractivity contribution < 1.29 is 9.18 Å². The standard InChI is InChI=1S/C17H23FN6O/c1-17(2,3)24-15(19-20-21-24)11-22-7-8-23(16(25)12-22)10-13-5-4-6-14(18)9-13/h4-6,9H,7-8,10-12H2,1-3H3. The van der Waals surface area contributed by atoms with E-state index in [-0.39, 0.29) is 17.3 Å². The van der Waals surface area contributed by atoms with Crippen molar-refractivity contribution in [2.75, 3.05) is 19.6 Å². The number of carbonyl (C=O) groups is 1. The molecular weight excluding hydrogens is 323 g/mol. The Kier molecular flexibility index (Phi) is 4.80. The quantitative estimate of drug-likeness (QED) is 0.837. The minimum absolute atomic E-state index is 0.0327. The van der Waals surface area contributed by atoms with Gasteiger partial charge in [0, 0.05) is 19.6 Å². The zero-order valence-electron chi connectivity index (χ0n) is 14.8. The molecule has 0 atom stereocenters. The fourth-order valence-electron chi connectivity index (χ4n) is 2.94. The largest absolute Gasteiger partial charge is 0.336 e. The van der Waals surface area contributed by atoms with Gasteiger partial charge < -0.3 is 4.90 Å². The molecule has 1 aliphatic heterocycles. The molecule has 8 heteroatoms. The van der Waals surface area contributed by atoms with Crippen LogP contribution in [0.15, 0.2) is 24.3 Å². The monoisotopic (exact) mass is 346 g/mol. The summed E-state index contributed by atoms with van der Waals surface area (Å²) in [5.41, 5.74) is 0.598. The molecule has 0 radical (unpaired) electrons. The maximum absolute atomic E-state index is 13.3. The Morgan fingerprint density at radius 1 is 1.20 bits per heavy atom. The van der Waals surface area contributed by atoms with Crippen molar-refractivity contribution >= 4 is 5.91 Å². The van der Waals surface area contributed by atoms with Crippen LogP contribution < -0.4 is 0 Å². The third-order valence-electron chi connectivity index (χ3n) is 4.19. The van der Waals surface area contributed by atoms with Gasteiger partial charge in [0.1, 0.15) is 5.82 Å². The lowest BCUT2D eigenvalue weighted by molar-refractivity contribution is -0.137. The van der Waals surface area contributed by atoms with Crippen LogP contribution in [-0.2, 0) is 23.4 Å². The van der Waals surface area contributed by atoms with Gasteiger partial charge in [-0.2, -0.15) is 0 Å². The lowest BCUT2D eigenvalue weighted by atomic mass is 10.1. The van der Waals surface area contributed by atoms with E-state index in [1.807, 2.05) is 31.7 Å². The highest BCUT2D eigenvalue weighted by Crippen LogP contribution is 2.16. The molecule has 0 N–H and O–H groups in total. The number of nitrogens with zero attached hydrogens (tertiary/aromatic N) is 6. The highest BCUT2D eigenvalue weighted by Gasteiger charge is 2.27. The van der Waals surface area contributed by atoms with Crippen LogP contribution in [0, 0.1) is 5.82 Å². The van der Waals surface area contributed by atoms with Crippen molar-refractivity contribution in [1.29, 1.82) is 0 Å². The number of benzene rings is 1. The minimum Gasteiger partial charge on any atom is -0.336 e.